The lowest BCUT2D eigenvalue weighted by atomic mass is 10.00. The highest BCUT2D eigenvalue weighted by molar-refractivity contribution is 5.76. The summed E-state index contributed by atoms with van der Waals surface area (Å²) in [6.45, 7) is 3.84. The first-order chi connectivity index (χ1) is 9.16. The second-order valence-electron chi connectivity index (χ2n) is 5.54. The van der Waals surface area contributed by atoms with Crippen LogP contribution in [0.5, 0.6) is 0 Å². The molecule has 3 heteroatoms. The zero-order valence-electron chi connectivity index (χ0n) is 12.0. The van der Waals surface area contributed by atoms with Crippen molar-refractivity contribution in [3.63, 3.8) is 0 Å². The Kier molecular flexibility index (Phi) is 4.97. The van der Waals surface area contributed by atoms with E-state index in [0.29, 0.717) is 19.0 Å². The van der Waals surface area contributed by atoms with Gasteiger partial charge in [-0.1, -0.05) is 30.7 Å². The van der Waals surface area contributed by atoms with E-state index in [0.717, 1.165) is 13.0 Å². The highest BCUT2D eigenvalue weighted by atomic mass is 16.1. The summed E-state index contributed by atoms with van der Waals surface area (Å²) in [4.78, 5) is 14.3. The highest BCUT2D eigenvalue weighted by Crippen LogP contribution is 2.17. The average molecular weight is 260 g/mol. The van der Waals surface area contributed by atoms with Crippen LogP contribution < -0.4 is 5.32 Å². The van der Waals surface area contributed by atoms with Gasteiger partial charge >= 0.3 is 0 Å². The summed E-state index contributed by atoms with van der Waals surface area (Å²) in [6, 6.07) is 8.62. The molecule has 3 nitrogen and oxygen atoms in total. The number of likely N-dealkylation sites (tertiary alicyclic amines) is 1. The van der Waals surface area contributed by atoms with Gasteiger partial charge in [0, 0.05) is 19.0 Å². The van der Waals surface area contributed by atoms with Gasteiger partial charge in [-0.25, -0.2) is 0 Å². The van der Waals surface area contributed by atoms with Crippen molar-refractivity contribution < 1.29 is 4.79 Å². The van der Waals surface area contributed by atoms with Crippen molar-refractivity contribution in [2.24, 2.45) is 0 Å². The SMILES string of the molecule is Cc1ccccc1CNC(=O)CC1CCCCN1C. The van der Waals surface area contributed by atoms with E-state index >= 15 is 0 Å². The van der Waals surface area contributed by atoms with Crippen molar-refractivity contribution in [3.05, 3.63) is 35.4 Å². The van der Waals surface area contributed by atoms with Gasteiger partial charge in [0.25, 0.3) is 0 Å². The Morgan fingerprint density at radius 2 is 2.16 bits per heavy atom. The molecule has 0 spiro atoms. The molecule has 1 atom stereocenters. The molecule has 19 heavy (non-hydrogen) atoms. The molecule has 1 N–H and O–H groups in total. The predicted molar refractivity (Wildman–Crippen MR) is 77.9 cm³/mol. The van der Waals surface area contributed by atoms with E-state index < -0.39 is 0 Å². The van der Waals surface area contributed by atoms with Crippen molar-refractivity contribution in [1.29, 1.82) is 0 Å². The largest absolute Gasteiger partial charge is 0.352 e. The monoisotopic (exact) mass is 260 g/mol. The third kappa shape index (κ3) is 4.06. The van der Waals surface area contributed by atoms with Gasteiger partial charge in [0.2, 0.25) is 5.91 Å². The summed E-state index contributed by atoms with van der Waals surface area (Å²) < 4.78 is 0. The summed E-state index contributed by atoms with van der Waals surface area (Å²) in [7, 11) is 2.12. The Hall–Kier alpha value is -1.35. The number of carbonyl (C=O) groups excluding carboxylic acids is 1. The van der Waals surface area contributed by atoms with Crippen molar-refractivity contribution >= 4 is 5.91 Å². The van der Waals surface area contributed by atoms with Crippen LogP contribution in [0.1, 0.15) is 36.8 Å². The number of benzene rings is 1. The van der Waals surface area contributed by atoms with Crippen LogP contribution in [-0.4, -0.2) is 30.4 Å². The molecule has 0 radical (unpaired) electrons. The summed E-state index contributed by atoms with van der Waals surface area (Å²) in [5.74, 6) is 0.169. The summed E-state index contributed by atoms with van der Waals surface area (Å²) in [5.41, 5.74) is 2.44. The first-order valence-corrected chi connectivity index (χ1v) is 7.18. The molecule has 1 aliphatic rings. The number of hydrogen-bond donors (Lipinski definition) is 1. The molecular weight excluding hydrogens is 236 g/mol. The highest BCUT2D eigenvalue weighted by Gasteiger charge is 2.21. The van der Waals surface area contributed by atoms with Crippen LogP contribution in [0.15, 0.2) is 24.3 Å². The van der Waals surface area contributed by atoms with E-state index in [9.17, 15) is 4.79 Å². The fourth-order valence-corrected chi connectivity index (χ4v) is 2.69. The quantitative estimate of drug-likeness (QED) is 0.902. The van der Waals surface area contributed by atoms with Gasteiger partial charge in [0.05, 0.1) is 0 Å². The maximum absolute atomic E-state index is 12.0. The van der Waals surface area contributed by atoms with Gasteiger partial charge in [-0.15, -0.1) is 0 Å². The molecule has 1 aliphatic heterocycles. The second-order valence-corrected chi connectivity index (χ2v) is 5.54. The molecule has 2 rings (SSSR count). The third-order valence-electron chi connectivity index (χ3n) is 4.08. The zero-order valence-corrected chi connectivity index (χ0v) is 12.0. The smallest absolute Gasteiger partial charge is 0.221 e. The van der Waals surface area contributed by atoms with E-state index in [-0.39, 0.29) is 5.91 Å². The molecule has 1 heterocycles. The molecule has 1 unspecified atom stereocenters. The molecule has 0 aliphatic carbocycles. The molecule has 1 aromatic carbocycles. The lowest BCUT2D eigenvalue weighted by Gasteiger charge is -2.31. The molecule has 0 saturated carbocycles. The molecule has 1 aromatic rings. The number of piperidine rings is 1. The first-order valence-electron chi connectivity index (χ1n) is 7.18. The number of nitrogens with zero attached hydrogens (tertiary/aromatic N) is 1. The Morgan fingerprint density at radius 3 is 2.89 bits per heavy atom. The van der Waals surface area contributed by atoms with Gasteiger partial charge in [0.15, 0.2) is 0 Å². The fraction of sp³-hybridized carbons (Fsp3) is 0.562. The Balaban J connectivity index is 1.80. The van der Waals surface area contributed by atoms with Crippen LogP contribution in [0, 0.1) is 6.92 Å². The number of rotatable bonds is 4. The minimum absolute atomic E-state index is 0.169. The number of hydrogen-bond acceptors (Lipinski definition) is 2. The minimum atomic E-state index is 0.169. The fourth-order valence-electron chi connectivity index (χ4n) is 2.69. The van der Waals surface area contributed by atoms with Gasteiger partial charge in [-0.05, 0) is 44.5 Å². The minimum Gasteiger partial charge on any atom is -0.352 e. The van der Waals surface area contributed by atoms with Crippen molar-refractivity contribution in [2.75, 3.05) is 13.6 Å². The predicted octanol–water partition coefficient (Wildman–Crippen LogP) is 2.49. The van der Waals surface area contributed by atoms with Crippen LogP contribution >= 0.6 is 0 Å². The van der Waals surface area contributed by atoms with Crippen LogP contribution in [0.25, 0.3) is 0 Å². The standard InChI is InChI=1S/C16H24N2O/c1-13-7-3-4-8-14(13)12-17-16(19)11-15-9-5-6-10-18(15)2/h3-4,7-8,15H,5-6,9-12H2,1-2H3,(H,17,19). The molecule has 0 bridgehead atoms. The molecule has 1 saturated heterocycles. The normalized spacial score (nSPS) is 20.2. The van der Waals surface area contributed by atoms with Crippen LogP contribution in [0.4, 0.5) is 0 Å². The number of carbonyl (C=O) groups is 1. The van der Waals surface area contributed by atoms with Crippen LogP contribution in [0.3, 0.4) is 0 Å². The van der Waals surface area contributed by atoms with E-state index in [1.54, 1.807) is 0 Å². The maximum Gasteiger partial charge on any atom is 0.221 e. The number of aryl methyl sites for hydroxylation is 1. The molecule has 1 fully saturated rings. The third-order valence-corrected chi connectivity index (χ3v) is 4.08. The maximum atomic E-state index is 12.0. The molecule has 0 aromatic heterocycles. The number of nitrogens with one attached hydrogen (secondary N) is 1. The molecule has 104 valence electrons. The van der Waals surface area contributed by atoms with Crippen molar-refractivity contribution in [1.82, 2.24) is 10.2 Å². The summed E-state index contributed by atoms with van der Waals surface area (Å²) >= 11 is 0. The van der Waals surface area contributed by atoms with E-state index in [2.05, 4.69) is 36.3 Å². The van der Waals surface area contributed by atoms with Crippen molar-refractivity contribution in [2.45, 2.75) is 45.2 Å². The Morgan fingerprint density at radius 1 is 1.37 bits per heavy atom. The molecule has 1 amide bonds. The summed E-state index contributed by atoms with van der Waals surface area (Å²) in [5, 5.41) is 3.04. The van der Waals surface area contributed by atoms with Crippen LogP contribution in [0.2, 0.25) is 0 Å². The first kappa shape index (κ1) is 14.1. The lowest BCUT2D eigenvalue weighted by molar-refractivity contribution is -0.122. The Bertz CT molecular complexity index is 431. The second kappa shape index (κ2) is 6.71. The van der Waals surface area contributed by atoms with Crippen molar-refractivity contribution in [3.8, 4) is 0 Å². The lowest BCUT2D eigenvalue weighted by Crippen LogP contribution is -2.40. The van der Waals surface area contributed by atoms with Gasteiger partial charge in [0.1, 0.15) is 0 Å². The van der Waals surface area contributed by atoms with E-state index in [4.69, 9.17) is 0 Å². The van der Waals surface area contributed by atoms with E-state index in [1.807, 2.05) is 12.1 Å². The zero-order chi connectivity index (χ0) is 13.7. The summed E-state index contributed by atoms with van der Waals surface area (Å²) in [6.07, 6.45) is 4.29. The average Bonchev–Trinajstić information content (AvgIpc) is 2.40. The Labute approximate surface area is 116 Å². The van der Waals surface area contributed by atoms with Gasteiger partial charge < -0.3 is 10.2 Å². The number of amides is 1. The van der Waals surface area contributed by atoms with Gasteiger partial charge in [-0.3, -0.25) is 4.79 Å². The van der Waals surface area contributed by atoms with E-state index in [1.165, 1.54) is 24.0 Å². The topological polar surface area (TPSA) is 32.3 Å². The molecular formula is C16H24N2O. The van der Waals surface area contributed by atoms with Gasteiger partial charge in [-0.2, -0.15) is 0 Å². The van der Waals surface area contributed by atoms with Crippen LogP contribution in [-0.2, 0) is 11.3 Å².